The fourth-order valence-electron chi connectivity index (χ4n) is 3.85. The molecule has 0 atom stereocenters. The van der Waals surface area contributed by atoms with Gasteiger partial charge in [0.25, 0.3) is 0 Å². The molecule has 0 saturated heterocycles. The van der Waals surface area contributed by atoms with Crippen LogP contribution in [-0.2, 0) is 19.6 Å². The standard InChI is InChI=1S/C23H24N6O3/c1-2-3-8-20-24-19(14-30)21(23(31)32)29(20)13-15-9-11-16(12-10-15)17-6-4-5-7-18(17)22-25-27-28-26-22/h4-7,9-12,22,30H,2-3,8,13-14H2,1H3,(H,31,32). The third-order valence-electron chi connectivity index (χ3n) is 5.43. The van der Waals surface area contributed by atoms with Crippen molar-refractivity contribution in [1.29, 1.82) is 0 Å². The molecule has 3 aromatic rings. The average Bonchev–Trinajstić information content (AvgIpc) is 3.46. The highest BCUT2D eigenvalue weighted by molar-refractivity contribution is 5.87. The van der Waals surface area contributed by atoms with Crippen LogP contribution >= 0.6 is 0 Å². The predicted molar refractivity (Wildman–Crippen MR) is 117 cm³/mol. The number of aromatic nitrogens is 2. The number of hydrogen-bond acceptors (Lipinski definition) is 7. The number of carboxylic acids is 1. The van der Waals surface area contributed by atoms with Gasteiger partial charge in [0, 0.05) is 18.5 Å². The van der Waals surface area contributed by atoms with Crippen LogP contribution in [0.4, 0.5) is 0 Å². The van der Waals surface area contributed by atoms with Crippen LogP contribution in [0.2, 0.25) is 0 Å². The molecule has 0 saturated carbocycles. The van der Waals surface area contributed by atoms with Gasteiger partial charge in [0.2, 0.25) is 6.17 Å². The van der Waals surface area contributed by atoms with Gasteiger partial charge in [-0.1, -0.05) is 61.9 Å². The highest BCUT2D eigenvalue weighted by Gasteiger charge is 2.22. The topological polar surface area (TPSA) is 125 Å². The summed E-state index contributed by atoms with van der Waals surface area (Å²) in [5, 5.41) is 34.6. The highest BCUT2D eigenvalue weighted by Crippen LogP contribution is 2.33. The molecule has 2 heterocycles. The molecule has 1 aliphatic rings. The van der Waals surface area contributed by atoms with Crippen molar-refractivity contribution >= 4 is 5.97 Å². The molecule has 0 amide bonds. The molecule has 0 fully saturated rings. The zero-order valence-electron chi connectivity index (χ0n) is 17.7. The number of unbranched alkanes of at least 4 members (excludes halogenated alkanes) is 1. The molecule has 9 nitrogen and oxygen atoms in total. The maximum Gasteiger partial charge on any atom is 0.354 e. The van der Waals surface area contributed by atoms with E-state index in [0.717, 1.165) is 35.1 Å². The van der Waals surface area contributed by atoms with Gasteiger partial charge in [0.1, 0.15) is 5.82 Å². The van der Waals surface area contributed by atoms with Crippen LogP contribution in [0, 0.1) is 0 Å². The first-order valence-corrected chi connectivity index (χ1v) is 10.5. The number of hydrogen-bond donors (Lipinski definition) is 2. The summed E-state index contributed by atoms with van der Waals surface area (Å²) in [6, 6.07) is 15.8. The Morgan fingerprint density at radius 2 is 1.78 bits per heavy atom. The first-order valence-electron chi connectivity index (χ1n) is 10.5. The van der Waals surface area contributed by atoms with Crippen LogP contribution in [0.3, 0.4) is 0 Å². The number of aliphatic hydroxyl groups is 1. The quantitative estimate of drug-likeness (QED) is 0.495. The number of rotatable bonds is 9. The van der Waals surface area contributed by atoms with E-state index in [1.807, 2.05) is 48.5 Å². The largest absolute Gasteiger partial charge is 0.477 e. The number of nitrogens with zero attached hydrogens (tertiary/aromatic N) is 6. The van der Waals surface area contributed by atoms with E-state index in [9.17, 15) is 15.0 Å². The second-order valence-corrected chi connectivity index (χ2v) is 7.54. The molecular weight excluding hydrogens is 408 g/mol. The van der Waals surface area contributed by atoms with Gasteiger partial charge in [-0.15, -0.1) is 10.2 Å². The molecule has 0 unspecified atom stereocenters. The van der Waals surface area contributed by atoms with Gasteiger partial charge in [-0.3, -0.25) is 0 Å². The van der Waals surface area contributed by atoms with Crippen molar-refractivity contribution in [2.75, 3.05) is 0 Å². The Hall–Kier alpha value is -3.72. The van der Waals surface area contributed by atoms with Crippen molar-refractivity contribution in [3.8, 4) is 11.1 Å². The van der Waals surface area contributed by atoms with Crippen molar-refractivity contribution in [3.63, 3.8) is 0 Å². The van der Waals surface area contributed by atoms with Gasteiger partial charge < -0.3 is 14.8 Å². The molecule has 0 bridgehead atoms. The lowest BCUT2D eigenvalue weighted by Crippen LogP contribution is -2.14. The van der Waals surface area contributed by atoms with E-state index in [1.54, 1.807) is 4.57 Å². The maximum atomic E-state index is 11.9. The molecule has 32 heavy (non-hydrogen) atoms. The Morgan fingerprint density at radius 1 is 1.06 bits per heavy atom. The Bertz CT molecular complexity index is 1150. The number of aromatic carboxylic acids is 1. The summed E-state index contributed by atoms with van der Waals surface area (Å²) in [5.41, 5.74) is 4.09. The van der Waals surface area contributed by atoms with E-state index in [-0.39, 0.29) is 11.4 Å². The summed E-state index contributed by atoms with van der Waals surface area (Å²) < 4.78 is 1.70. The SMILES string of the molecule is CCCCc1nc(CO)c(C(=O)O)n1Cc1ccc(-c2ccccc2C2N=NN=N2)cc1. The summed E-state index contributed by atoms with van der Waals surface area (Å²) in [6.45, 7) is 2.03. The van der Waals surface area contributed by atoms with Crippen LogP contribution in [0.25, 0.3) is 11.1 Å². The minimum atomic E-state index is -1.09. The van der Waals surface area contributed by atoms with E-state index in [1.165, 1.54) is 0 Å². The molecule has 164 valence electrons. The van der Waals surface area contributed by atoms with E-state index in [2.05, 4.69) is 32.6 Å². The summed E-state index contributed by atoms with van der Waals surface area (Å²) in [6.07, 6.45) is 2.09. The highest BCUT2D eigenvalue weighted by atomic mass is 16.4. The summed E-state index contributed by atoms with van der Waals surface area (Å²) in [7, 11) is 0. The lowest BCUT2D eigenvalue weighted by Gasteiger charge is -2.13. The van der Waals surface area contributed by atoms with E-state index in [4.69, 9.17) is 0 Å². The van der Waals surface area contributed by atoms with Gasteiger partial charge in [0.15, 0.2) is 5.69 Å². The minimum Gasteiger partial charge on any atom is -0.477 e. The molecule has 0 spiro atoms. The van der Waals surface area contributed by atoms with Gasteiger partial charge in [-0.05, 0) is 33.6 Å². The summed E-state index contributed by atoms with van der Waals surface area (Å²) in [4.78, 5) is 16.3. The second kappa shape index (κ2) is 9.61. The number of carbonyl (C=O) groups is 1. The fourth-order valence-corrected chi connectivity index (χ4v) is 3.85. The van der Waals surface area contributed by atoms with Crippen molar-refractivity contribution < 1.29 is 15.0 Å². The lowest BCUT2D eigenvalue weighted by molar-refractivity contribution is 0.0681. The summed E-state index contributed by atoms with van der Waals surface area (Å²) >= 11 is 0. The average molecular weight is 432 g/mol. The third kappa shape index (κ3) is 4.33. The van der Waals surface area contributed by atoms with Crippen molar-refractivity contribution in [3.05, 3.63) is 76.9 Å². The zero-order chi connectivity index (χ0) is 22.5. The van der Waals surface area contributed by atoms with Crippen LogP contribution in [0.1, 0.15) is 59.1 Å². The number of aryl methyl sites for hydroxylation is 1. The molecule has 1 aromatic heterocycles. The van der Waals surface area contributed by atoms with Gasteiger partial charge in [-0.25, -0.2) is 9.78 Å². The Morgan fingerprint density at radius 3 is 2.44 bits per heavy atom. The summed E-state index contributed by atoms with van der Waals surface area (Å²) in [5.74, 6) is -0.408. The monoisotopic (exact) mass is 432 g/mol. The second-order valence-electron chi connectivity index (χ2n) is 7.54. The van der Waals surface area contributed by atoms with Crippen molar-refractivity contribution in [1.82, 2.24) is 9.55 Å². The van der Waals surface area contributed by atoms with E-state index >= 15 is 0 Å². The number of aliphatic hydroxyl groups excluding tert-OH is 1. The molecule has 4 rings (SSSR count). The Kier molecular flexibility index (Phi) is 6.46. The molecule has 0 aliphatic carbocycles. The van der Waals surface area contributed by atoms with Gasteiger partial charge in [0.05, 0.1) is 12.3 Å². The molecule has 9 heteroatoms. The normalized spacial score (nSPS) is 13.2. The van der Waals surface area contributed by atoms with Gasteiger partial charge in [-0.2, -0.15) is 0 Å². The molecule has 1 aliphatic heterocycles. The smallest absolute Gasteiger partial charge is 0.354 e. The number of imidazole rings is 1. The molecule has 0 radical (unpaired) electrons. The lowest BCUT2D eigenvalue weighted by atomic mass is 9.97. The van der Waals surface area contributed by atoms with Crippen molar-refractivity contribution in [2.24, 2.45) is 20.7 Å². The molecule has 2 N–H and O–H groups in total. The van der Waals surface area contributed by atoms with Crippen LogP contribution in [0.15, 0.2) is 69.2 Å². The van der Waals surface area contributed by atoms with Gasteiger partial charge >= 0.3 is 5.97 Å². The number of benzene rings is 2. The zero-order valence-corrected chi connectivity index (χ0v) is 17.7. The fraction of sp³-hybridized carbons (Fsp3) is 0.304. The van der Waals surface area contributed by atoms with Crippen LogP contribution < -0.4 is 0 Å². The minimum absolute atomic E-state index is 0.0463. The Balaban J connectivity index is 1.64. The van der Waals surface area contributed by atoms with Crippen LogP contribution in [0.5, 0.6) is 0 Å². The number of carboxylic acid groups (broad SMARTS) is 1. The molecule has 2 aromatic carbocycles. The predicted octanol–water partition coefficient (Wildman–Crippen LogP) is 4.96. The maximum absolute atomic E-state index is 11.9. The van der Waals surface area contributed by atoms with E-state index in [0.29, 0.717) is 18.8 Å². The van der Waals surface area contributed by atoms with Crippen LogP contribution in [-0.4, -0.2) is 25.7 Å². The van der Waals surface area contributed by atoms with E-state index < -0.39 is 18.7 Å². The Labute approximate surface area is 185 Å². The third-order valence-corrected chi connectivity index (χ3v) is 5.43. The molecular formula is C23H24N6O3. The first kappa shape index (κ1) is 21.5. The first-order chi connectivity index (χ1) is 15.6. The van der Waals surface area contributed by atoms with Crippen molar-refractivity contribution in [2.45, 2.75) is 45.5 Å².